The van der Waals surface area contributed by atoms with Crippen molar-refractivity contribution in [2.45, 2.75) is 45.6 Å². The van der Waals surface area contributed by atoms with E-state index in [4.69, 9.17) is 18.0 Å². The number of hydrogen-bond acceptors (Lipinski definition) is 4. The fourth-order valence-electron chi connectivity index (χ4n) is 3.11. The minimum Gasteiger partial charge on any atom is -0.396 e. The summed E-state index contributed by atoms with van der Waals surface area (Å²) in [5, 5.41) is 9.28. The van der Waals surface area contributed by atoms with Crippen molar-refractivity contribution in [1.82, 2.24) is 4.98 Å². The standard InChI is InChI=1S/C15H23N3OS/c1-10-9-13(14(15(16)20)11(2)17-10)18-7-4-3-5-12(18)6-8-19/h9,12,19H,3-8H2,1-2H3,(H2,16,20). The van der Waals surface area contributed by atoms with Crippen LogP contribution in [0.3, 0.4) is 0 Å². The SMILES string of the molecule is Cc1cc(N2CCCCC2CCO)c(C(N)=S)c(C)n1. The number of thiocarbonyl (C=S) groups is 1. The molecule has 0 aromatic carbocycles. The summed E-state index contributed by atoms with van der Waals surface area (Å²) in [7, 11) is 0. The number of anilines is 1. The van der Waals surface area contributed by atoms with E-state index in [1.807, 2.05) is 13.8 Å². The number of rotatable bonds is 4. The predicted molar refractivity (Wildman–Crippen MR) is 86.3 cm³/mol. The van der Waals surface area contributed by atoms with Crippen LogP contribution in [0.4, 0.5) is 5.69 Å². The summed E-state index contributed by atoms with van der Waals surface area (Å²) in [5.74, 6) is 0. The van der Waals surface area contributed by atoms with Crippen LogP contribution >= 0.6 is 12.2 Å². The number of aliphatic hydroxyl groups excluding tert-OH is 1. The first-order valence-electron chi connectivity index (χ1n) is 7.20. The van der Waals surface area contributed by atoms with E-state index in [0.717, 1.165) is 42.0 Å². The lowest BCUT2D eigenvalue weighted by molar-refractivity contribution is 0.262. The molecule has 1 aliphatic heterocycles. The van der Waals surface area contributed by atoms with E-state index in [1.54, 1.807) is 0 Å². The van der Waals surface area contributed by atoms with Gasteiger partial charge in [-0.05, 0) is 45.6 Å². The molecule has 1 aromatic heterocycles. The highest BCUT2D eigenvalue weighted by molar-refractivity contribution is 7.80. The molecule has 0 bridgehead atoms. The van der Waals surface area contributed by atoms with Crippen molar-refractivity contribution in [3.63, 3.8) is 0 Å². The minimum absolute atomic E-state index is 0.215. The van der Waals surface area contributed by atoms with Crippen molar-refractivity contribution >= 4 is 22.9 Å². The van der Waals surface area contributed by atoms with Gasteiger partial charge in [0.25, 0.3) is 0 Å². The summed E-state index contributed by atoms with van der Waals surface area (Å²) >= 11 is 5.21. The number of aryl methyl sites for hydroxylation is 2. The number of aliphatic hydroxyl groups is 1. The number of hydrogen-bond donors (Lipinski definition) is 2. The summed E-state index contributed by atoms with van der Waals surface area (Å²) in [6, 6.07) is 2.43. The summed E-state index contributed by atoms with van der Waals surface area (Å²) in [6.45, 7) is 5.15. The second-order valence-electron chi connectivity index (χ2n) is 5.46. The van der Waals surface area contributed by atoms with Gasteiger partial charge in [0.05, 0.1) is 11.3 Å². The average molecular weight is 293 g/mol. The maximum atomic E-state index is 9.28. The summed E-state index contributed by atoms with van der Waals surface area (Å²) in [5.41, 5.74) is 9.74. The lowest BCUT2D eigenvalue weighted by Gasteiger charge is -2.38. The van der Waals surface area contributed by atoms with Gasteiger partial charge in [-0.3, -0.25) is 4.98 Å². The van der Waals surface area contributed by atoms with Crippen LogP contribution in [0.5, 0.6) is 0 Å². The zero-order chi connectivity index (χ0) is 14.7. The van der Waals surface area contributed by atoms with Crippen molar-refractivity contribution < 1.29 is 5.11 Å². The van der Waals surface area contributed by atoms with Gasteiger partial charge in [-0.1, -0.05) is 12.2 Å². The Morgan fingerprint density at radius 2 is 2.25 bits per heavy atom. The molecule has 1 fully saturated rings. The van der Waals surface area contributed by atoms with E-state index in [0.29, 0.717) is 11.0 Å². The highest BCUT2D eigenvalue weighted by Crippen LogP contribution is 2.31. The molecule has 2 rings (SSSR count). The van der Waals surface area contributed by atoms with Crippen LogP contribution < -0.4 is 10.6 Å². The van der Waals surface area contributed by atoms with Crippen LogP contribution in [-0.4, -0.2) is 34.3 Å². The van der Waals surface area contributed by atoms with Crippen LogP contribution in [0.25, 0.3) is 0 Å². The van der Waals surface area contributed by atoms with E-state index < -0.39 is 0 Å². The van der Waals surface area contributed by atoms with Crippen LogP contribution in [0.15, 0.2) is 6.07 Å². The van der Waals surface area contributed by atoms with Crippen molar-refractivity contribution in [1.29, 1.82) is 0 Å². The molecule has 110 valence electrons. The third-order valence-electron chi connectivity index (χ3n) is 3.95. The van der Waals surface area contributed by atoms with Crippen molar-refractivity contribution in [3.8, 4) is 0 Å². The van der Waals surface area contributed by atoms with Crippen LogP contribution in [0.2, 0.25) is 0 Å². The number of pyridine rings is 1. The van der Waals surface area contributed by atoms with E-state index in [-0.39, 0.29) is 6.61 Å². The summed E-state index contributed by atoms with van der Waals surface area (Å²) in [6.07, 6.45) is 4.28. The van der Waals surface area contributed by atoms with E-state index in [9.17, 15) is 5.11 Å². The molecular formula is C15H23N3OS. The first kappa shape index (κ1) is 15.2. The van der Waals surface area contributed by atoms with Gasteiger partial charge in [0.15, 0.2) is 0 Å². The molecule has 0 aliphatic carbocycles. The zero-order valence-corrected chi connectivity index (χ0v) is 13.0. The van der Waals surface area contributed by atoms with Gasteiger partial charge < -0.3 is 15.7 Å². The molecule has 0 saturated carbocycles. The Hall–Kier alpha value is -1.20. The molecule has 1 unspecified atom stereocenters. The lowest BCUT2D eigenvalue weighted by Crippen LogP contribution is -2.41. The largest absolute Gasteiger partial charge is 0.396 e. The zero-order valence-electron chi connectivity index (χ0n) is 12.2. The Morgan fingerprint density at radius 3 is 2.90 bits per heavy atom. The van der Waals surface area contributed by atoms with Crippen LogP contribution in [-0.2, 0) is 0 Å². The van der Waals surface area contributed by atoms with Gasteiger partial charge in [0.1, 0.15) is 4.99 Å². The Morgan fingerprint density at radius 1 is 1.50 bits per heavy atom. The molecule has 0 amide bonds. The highest BCUT2D eigenvalue weighted by Gasteiger charge is 2.25. The van der Waals surface area contributed by atoms with Gasteiger partial charge in [-0.15, -0.1) is 0 Å². The van der Waals surface area contributed by atoms with Crippen LogP contribution in [0.1, 0.15) is 42.6 Å². The third-order valence-corrected chi connectivity index (χ3v) is 4.16. The van der Waals surface area contributed by atoms with Crippen molar-refractivity contribution in [3.05, 3.63) is 23.0 Å². The Labute approximate surface area is 126 Å². The van der Waals surface area contributed by atoms with Crippen LogP contribution in [0, 0.1) is 13.8 Å². The fourth-order valence-corrected chi connectivity index (χ4v) is 3.36. The molecule has 20 heavy (non-hydrogen) atoms. The Bertz CT molecular complexity index is 502. The first-order chi connectivity index (χ1) is 9.54. The molecule has 2 heterocycles. The van der Waals surface area contributed by atoms with Gasteiger partial charge >= 0.3 is 0 Å². The Balaban J connectivity index is 2.46. The van der Waals surface area contributed by atoms with Gasteiger partial charge in [0.2, 0.25) is 0 Å². The molecular weight excluding hydrogens is 270 g/mol. The fraction of sp³-hybridized carbons (Fsp3) is 0.600. The molecule has 3 N–H and O–H groups in total. The molecule has 1 aromatic rings. The number of nitrogens with two attached hydrogens (primary N) is 1. The third kappa shape index (κ3) is 3.10. The lowest BCUT2D eigenvalue weighted by atomic mass is 9.97. The van der Waals surface area contributed by atoms with Crippen molar-refractivity contribution in [2.24, 2.45) is 5.73 Å². The molecule has 0 radical (unpaired) electrons. The number of aromatic nitrogens is 1. The predicted octanol–water partition coefficient (Wildman–Crippen LogP) is 2.07. The van der Waals surface area contributed by atoms with Crippen molar-refractivity contribution in [2.75, 3.05) is 18.1 Å². The molecule has 0 spiro atoms. The van der Waals surface area contributed by atoms with Gasteiger partial charge in [-0.2, -0.15) is 0 Å². The normalized spacial score (nSPS) is 19.1. The second kappa shape index (κ2) is 6.50. The van der Waals surface area contributed by atoms with Gasteiger partial charge in [0, 0.05) is 30.6 Å². The molecule has 1 saturated heterocycles. The van der Waals surface area contributed by atoms with E-state index >= 15 is 0 Å². The molecule has 5 heteroatoms. The van der Waals surface area contributed by atoms with E-state index in [1.165, 1.54) is 12.8 Å². The molecule has 1 aliphatic rings. The number of nitrogens with zero attached hydrogens (tertiary/aromatic N) is 2. The summed E-state index contributed by atoms with van der Waals surface area (Å²) < 4.78 is 0. The minimum atomic E-state index is 0.215. The molecule has 1 atom stereocenters. The number of piperidine rings is 1. The van der Waals surface area contributed by atoms with Gasteiger partial charge in [-0.25, -0.2) is 0 Å². The topological polar surface area (TPSA) is 62.4 Å². The highest BCUT2D eigenvalue weighted by atomic mass is 32.1. The first-order valence-corrected chi connectivity index (χ1v) is 7.61. The second-order valence-corrected chi connectivity index (χ2v) is 5.90. The van der Waals surface area contributed by atoms with E-state index in [2.05, 4.69) is 16.0 Å². The molecule has 4 nitrogen and oxygen atoms in total. The summed E-state index contributed by atoms with van der Waals surface area (Å²) in [4.78, 5) is 7.24. The quantitative estimate of drug-likeness (QED) is 0.832. The Kier molecular flexibility index (Phi) is 4.94. The smallest absolute Gasteiger partial charge is 0.107 e. The average Bonchev–Trinajstić information content (AvgIpc) is 2.38. The maximum absolute atomic E-state index is 9.28. The maximum Gasteiger partial charge on any atom is 0.107 e. The monoisotopic (exact) mass is 293 g/mol.